The molecular formula is C18H15N5O. The van der Waals surface area contributed by atoms with E-state index in [2.05, 4.69) is 9.97 Å². The fourth-order valence-electron chi connectivity index (χ4n) is 2.39. The van der Waals surface area contributed by atoms with E-state index in [1.54, 1.807) is 42.5 Å². The van der Waals surface area contributed by atoms with E-state index in [1.165, 1.54) is 0 Å². The highest BCUT2D eigenvalue weighted by atomic mass is 16.3. The molecule has 6 nitrogen and oxygen atoms in total. The Kier molecular flexibility index (Phi) is 3.76. The summed E-state index contributed by atoms with van der Waals surface area (Å²) < 4.78 is 0. The van der Waals surface area contributed by atoms with Crippen LogP contribution in [0.1, 0.15) is 11.1 Å². The first kappa shape index (κ1) is 15.3. The molecule has 0 atom stereocenters. The number of aromatic hydroxyl groups is 1. The zero-order valence-electron chi connectivity index (χ0n) is 13.0. The summed E-state index contributed by atoms with van der Waals surface area (Å²) in [6.45, 7) is 1.90. The van der Waals surface area contributed by atoms with Crippen LogP contribution in [0.3, 0.4) is 0 Å². The summed E-state index contributed by atoms with van der Waals surface area (Å²) in [6.07, 6.45) is 0. The van der Waals surface area contributed by atoms with Gasteiger partial charge in [0.1, 0.15) is 23.2 Å². The smallest absolute Gasteiger partial charge is 0.165 e. The Morgan fingerprint density at radius 2 is 1.75 bits per heavy atom. The highest BCUT2D eigenvalue weighted by molar-refractivity contribution is 5.76. The van der Waals surface area contributed by atoms with E-state index < -0.39 is 0 Å². The number of phenolic OH excluding ortho intramolecular Hbond substituents is 1. The molecular weight excluding hydrogens is 302 g/mol. The number of rotatable bonds is 2. The van der Waals surface area contributed by atoms with E-state index in [1.807, 2.05) is 13.0 Å². The second-order valence-corrected chi connectivity index (χ2v) is 5.41. The largest absolute Gasteiger partial charge is 0.507 e. The Bertz CT molecular complexity index is 958. The van der Waals surface area contributed by atoms with Crippen molar-refractivity contribution < 1.29 is 5.11 Å². The van der Waals surface area contributed by atoms with E-state index in [9.17, 15) is 10.4 Å². The zero-order valence-corrected chi connectivity index (χ0v) is 13.0. The number of aromatic nitrogens is 2. The van der Waals surface area contributed by atoms with E-state index in [-0.39, 0.29) is 23.0 Å². The van der Waals surface area contributed by atoms with Crippen molar-refractivity contribution >= 4 is 11.5 Å². The summed E-state index contributed by atoms with van der Waals surface area (Å²) in [5.41, 5.74) is 15.0. The van der Waals surface area contributed by atoms with Gasteiger partial charge in [-0.25, -0.2) is 9.97 Å². The average molecular weight is 317 g/mol. The summed E-state index contributed by atoms with van der Waals surface area (Å²) in [7, 11) is 0. The lowest BCUT2D eigenvalue weighted by atomic mass is 10.0. The molecule has 0 bridgehead atoms. The van der Waals surface area contributed by atoms with Crippen LogP contribution in [0.15, 0.2) is 42.5 Å². The third-order valence-electron chi connectivity index (χ3n) is 3.63. The van der Waals surface area contributed by atoms with Crippen LogP contribution in [0.25, 0.3) is 22.6 Å². The van der Waals surface area contributed by atoms with Gasteiger partial charge in [0, 0.05) is 11.3 Å². The number of nitrogens with two attached hydrogens (primary N) is 2. The molecule has 0 aliphatic rings. The fraction of sp³-hybridized carbons (Fsp3) is 0.0556. The van der Waals surface area contributed by atoms with Crippen molar-refractivity contribution in [2.75, 3.05) is 11.5 Å². The van der Waals surface area contributed by atoms with Gasteiger partial charge in [0.15, 0.2) is 5.82 Å². The quantitative estimate of drug-likeness (QED) is 0.625. The number of nitrogens with zero attached hydrogens (tertiary/aromatic N) is 3. The molecule has 0 unspecified atom stereocenters. The Morgan fingerprint density at radius 1 is 1.04 bits per heavy atom. The summed E-state index contributed by atoms with van der Waals surface area (Å²) in [4.78, 5) is 8.64. The first-order valence-corrected chi connectivity index (χ1v) is 7.23. The van der Waals surface area contributed by atoms with E-state index in [0.29, 0.717) is 22.5 Å². The molecule has 3 aromatic rings. The molecule has 3 rings (SSSR count). The topological polar surface area (TPSA) is 122 Å². The Balaban J connectivity index is 2.26. The number of nitrogen functional groups attached to an aromatic ring is 2. The third kappa shape index (κ3) is 2.71. The first-order valence-electron chi connectivity index (χ1n) is 7.23. The number of phenols is 1. The van der Waals surface area contributed by atoms with Crippen molar-refractivity contribution in [1.29, 1.82) is 5.26 Å². The number of hydrogen-bond donors (Lipinski definition) is 3. The summed E-state index contributed by atoms with van der Waals surface area (Å²) in [5, 5.41) is 19.5. The van der Waals surface area contributed by atoms with Crippen LogP contribution < -0.4 is 11.5 Å². The van der Waals surface area contributed by atoms with Crippen molar-refractivity contribution in [2.24, 2.45) is 0 Å². The number of nitriles is 1. The van der Waals surface area contributed by atoms with Crippen LogP contribution in [0.4, 0.5) is 11.5 Å². The minimum absolute atomic E-state index is 0.0490. The Morgan fingerprint density at radius 3 is 2.42 bits per heavy atom. The zero-order chi connectivity index (χ0) is 17.3. The highest BCUT2D eigenvalue weighted by Gasteiger charge is 2.17. The summed E-state index contributed by atoms with van der Waals surface area (Å²) in [5.74, 6) is 0.378. The van der Waals surface area contributed by atoms with E-state index in [4.69, 9.17) is 11.5 Å². The van der Waals surface area contributed by atoms with Crippen LogP contribution >= 0.6 is 0 Å². The molecule has 6 heteroatoms. The molecule has 0 saturated heterocycles. The molecule has 118 valence electrons. The number of hydrogen-bond acceptors (Lipinski definition) is 6. The molecule has 0 radical (unpaired) electrons. The SMILES string of the molecule is Cc1ccc(O)c(-c2nc(N)c(C#N)c(-c3ccc(N)cc3)n2)c1. The van der Waals surface area contributed by atoms with Gasteiger partial charge in [-0.1, -0.05) is 23.8 Å². The van der Waals surface area contributed by atoms with Gasteiger partial charge in [-0.3, -0.25) is 0 Å². The summed E-state index contributed by atoms with van der Waals surface area (Å²) in [6, 6.07) is 14.1. The molecule has 1 heterocycles. The Hall–Kier alpha value is -3.59. The fourth-order valence-corrected chi connectivity index (χ4v) is 2.39. The van der Waals surface area contributed by atoms with Crippen LogP contribution in [-0.2, 0) is 0 Å². The molecule has 0 aliphatic heterocycles. The monoisotopic (exact) mass is 317 g/mol. The Labute approximate surface area is 139 Å². The molecule has 0 aliphatic carbocycles. The van der Waals surface area contributed by atoms with Crippen molar-refractivity contribution in [3.8, 4) is 34.5 Å². The van der Waals surface area contributed by atoms with Gasteiger partial charge in [-0.15, -0.1) is 0 Å². The first-order chi connectivity index (χ1) is 11.5. The molecule has 0 saturated carbocycles. The lowest BCUT2D eigenvalue weighted by Crippen LogP contribution is -2.03. The predicted octanol–water partition coefficient (Wildman–Crippen LogP) is 2.86. The number of anilines is 2. The number of aryl methyl sites for hydroxylation is 1. The van der Waals surface area contributed by atoms with Crippen LogP contribution in [0.5, 0.6) is 5.75 Å². The predicted molar refractivity (Wildman–Crippen MR) is 92.8 cm³/mol. The molecule has 2 aromatic carbocycles. The molecule has 0 fully saturated rings. The van der Waals surface area contributed by atoms with Crippen LogP contribution in [0, 0.1) is 18.3 Å². The van der Waals surface area contributed by atoms with E-state index >= 15 is 0 Å². The molecule has 1 aromatic heterocycles. The molecule has 0 amide bonds. The lowest BCUT2D eigenvalue weighted by Gasteiger charge is -2.10. The van der Waals surface area contributed by atoms with Gasteiger partial charge < -0.3 is 16.6 Å². The second-order valence-electron chi connectivity index (χ2n) is 5.41. The van der Waals surface area contributed by atoms with Gasteiger partial charge in [-0.05, 0) is 31.2 Å². The highest BCUT2D eigenvalue weighted by Crippen LogP contribution is 2.32. The third-order valence-corrected chi connectivity index (χ3v) is 3.63. The van der Waals surface area contributed by atoms with Gasteiger partial charge in [0.2, 0.25) is 0 Å². The maximum absolute atomic E-state index is 10.1. The van der Waals surface area contributed by atoms with Crippen molar-refractivity contribution in [3.05, 3.63) is 53.6 Å². The maximum atomic E-state index is 10.1. The van der Waals surface area contributed by atoms with Gasteiger partial charge in [-0.2, -0.15) is 5.26 Å². The molecule has 5 N–H and O–H groups in total. The maximum Gasteiger partial charge on any atom is 0.165 e. The average Bonchev–Trinajstić information content (AvgIpc) is 2.57. The standard InChI is InChI=1S/C18H15N5O/c1-10-2-7-15(24)13(8-10)18-22-16(14(9-19)17(21)23-18)11-3-5-12(20)6-4-11/h2-8,24H,20H2,1H3,(H2,21,22,23). The lowest BCUT2D eigenvalue weighted by molar-refractivity contribution is 0.477. The van der Waals surface area contributed by atoms with Crippen LogP contribution in [-0.4, -0.2) is 15.1 Å². The van der Waals surface area contributed by atoms with Crippen molar-refractivity contribution in [3.63, 3.8) is 0 Å². The molecule has 24 heavy (non-hydrogen) atoms. The second kappa shape index (κ2) is 5.89. The summed E-state index contributed by atoms with van der Waals surface area (Å²) >= 11 is 0. The van der Waals surface area contributed by atoms with E-state index in [0.717, 1.165) is 5.56 Å². The van der Waals surface area contributed by atoms with Crippen molar-refractivity contribution in [2.45, 2.75) is 6.92 Å². The van der Waals surface area contributed by atoms with Gasteiger partial charge >= 0.3 is 0 Å². The minimum atomic E-state index is 0.0490. The van der Waals surface area contributed by atoms with Gasteiger partial charge in [0.05, 0.1) is 11.3 Å². The van der Waals surface area contributed by atoms with Crippen molar-refractivity contribution in [1.82, 2.24) is 9.97 Å². The van der Waals surface area contributed by atoms with Gasteiger partial charge in [0.25, 0.3) is 0 Å². The molecule has 0 spiro atoms. The van der Waals surface area contributed by atoms with Crippen LogP contribution in [0.2, 0.25) is 0 Å². The number of benzene rings is 2. The normalized spacial score (nSPS) is 10.3. The minimum Gasteiger partial charge on any atom is -0.507 e.